The van der Waals surface area contributed by atoms with Gasteiger partial charge in [0.25, 0.3) is 5.91 Å². The number of hydrogen-bond acceptors (Lipinski definition) is 3. The van der Waals surface area contributed by atoms with Crippen molar-refractivity contribution >= 4 is 81.2 Å². The second-order valence-electron chi connectivity index (χ2n) is 7.98. The van der Waals surface area contributed by atoms with Crippen LogP contribution in [0.4, 0.5) is 11.4 Å². The highest BCUT2D eigenvalue weighted by Gasteiger charge is 2.67. The Morgan fingerprint density at radius 2 is 1.66 bits per heavy atom. The summed E-state index contributed by atoms with van der Waals surface area (Å²) < 4.78 is -1.31. The van der Waals surface area contributed by atoms with E-state index in [-0.39, 0.29) is 23.4 Å². The molecule has 2 aliphatic rings. The van der Waals surface area contributed by atoms with Gasteiger partial charge in [-0.1, -0.05) is 34.8 Å². The molecule has 2 aliphatic carbocycles. The monoisotopic (exact) mass is 533 g/mol. The number of alkyl halides is 2. The van der Waals surface area contributed by atoms with E-state index < -0.39 is 16.2 Å². The van der Waals surface area contributed by atoms with Crippen molar-refractivity contribution in [2.45, 2.75) is 36.1 Å². The standard InChI is InChI=1S/C22H20Cl5N3O2/c1-2-28-16-9-15(25)14(20(31)29-13-3-4-13)8-17(16)30-21(32)19-18(22(19,26)27)10-5-11(23)7-12(24)6-10/h5-9,13,18-19,28H,2-4H2,1H3,(H,29,31)(H,30,32). The smallest absolute Gasteiger partial charge is 0.253 e. The predicted molar refractivity (Wildman–Crippen MR) is 132 cm³/mol. The summed E-state index contributed by atoms with van der Waals surface area (Å²) in [7, 11) is 0. The second kappa shape index (κ2) is 9.11. The van der Waals surface area contributed by atoms with Crippen LogP contribution in [0.5, 0.6) is 0 Å². The first-order valence-electron chi connectivity index (χ1n) is 10.1. The van der Waals surface area contributed by atoms with E-state index in [4.69, 9.17) is 58.0 Å². The average Bonchev–Trinajstić information content (AvgIpc) is 3.59. The normalized spacial score (nSPS) is 21.1. The van der Waals surface area contributed by atoms with Gasteiger partial charge in [0, 0.05) is 28.5 Å². The van der Waals surface area contributed by atoms with E-state index in [0.29, 0.717) is 38.6 Å². The van der Waals surface area contributed by atoms with Gasteiger partial charge < -0.3 is 16.0 Å². The van der Waals surface area contributed by atoms with Crippen LogP contribution in [0, 0.1) is 5.92 Å². The lowest BCUT2D eigenvalue weighted by Gasteiger charge is -2.15. The van der Waals surface area contributed by atoms with Crippen molar-refractivity contribution in [1.82, 2.24) is 5.32 Å². The number of amides is 2. The number of hydrogen-bond donors (Lipinski definition) is 3. The first kappa shape index (κ1) is 23.8. The van der Waals surface area contributed by atoms with Gasteiger partial charge in [-0.2, -0.15) is 0 Å². The van der Waals surface area contributed by atoms with Crippen molar-refractivity contribution in [3.8, 4) is 0 Å². The minimum atomic E-state index is -1.31. The maximum absolute atomic E-state index is 13.1. The number of carbonyl (C=O) groups is 2. The van der Waals surface area contributed by atoms with Crippen molar-refractivity contribution in [2.24, 2.45) is 5.92 Å². The van der Waals surface area contributed by atoms with Gasteiger partial charge in [0.15, 0.2) is 0 Å². The quantitative estimate of drug-likeness (QED) is 0.355. The largest absolute Gasteiger partial charge is 0.384 e. The Morgan fingerprint density at radius 3 is 2.25 bits per heavy atom. The third-order valence-corrected chi connectivity index (χ3v) is 7.16. The zero-order valence-corrected chi connectivity index (χ0v) is 20.7. The van der Waals surface area contributed by atoms with Gasteiger partial charge in [-0.05, 0) is 55.7 Å². The van der Waals surface area contributed by atoms with Gasteiger partial charge in [0.2, 0.25) is 5.91 Å². The molecule has 3 N–H and O–H groups in total. The zero-order valence-electron chi connectivity index (χ0n) is 16.9. The molecule has 0 spiro atoms. The fourth-order valence-corrected chi connectivity index (χ4v) is 5.33. The molecule has 5 nitrogen and oxygen atoms in total. The molecular weight excluding hydrogens is 516 g/mol. The summed E-state index contributed by atoms with van der Waals surface area (Å²) in [5, 5.41) is 10.1. The zero-order chi connectivity index (χ0) is 23.2. The van der Waals surface area contributed by atoms with Crippen LogP contribution in [0.1, 0.15) is 41.6 Å². The lowest BCUT2D eigenvalue weighted by atomic mass is 10.1. The van der Waals surface area contributed by atoms with Crippen molar-refractivity contribution in [2.75, 3.05) is 17.2 Å². The van der Waals surface area contributed by atoms with E-state index >= 15 is 0 Å². The predicted octanol–water partition coefficient (Wildman–Crippen LogP) is 6.50. The Bertz CT molecular complexity index is 1070. The van der Waals surface area contributed by atoms with E-state index in [1.54, 1.807) is 30.3 Å². The van der Waals surface area contributed by atoms with E-state index in [1.165, 1.54) is 0 Å². The van der Waals surface area contributed by atoms with Crippen LogP contribution in [-0.2, 0) is 4.79 Å². The summed E-state index contributed by atoms with van der Waals surface area (Å²) in [6.07, 6.45) is 1.90. The van der Waals surface area contributed by atoms with Gasteiger partial charge in [0.1, 0.15) is 4.33 Å². The Labute approximate surface area is 211 Å². The van der Waals surface area contributed by atoms with Crippen molar-refractivity contribution < 1.29 is 9.59 Å². The molecule has 2 unspecified atom stereocenters. The van der Waals surface area contributed by atoms with E-state index in [0.717, 1.165) is 12.8 Å². The lowest BCUT2D eigenvalue weighted by molar-refractivity contribution is -0.117. The number of rotatable bonds is 7. The van der Waals surface area contributed by atoms with Crippen LogP contribution in [0.3, 0.4) is 0 Å². The van der Waals surface area contributed by atoms with Gasteiger partial charge in [-0.3, -0.25) is 9.59 Å². The molecule has 0 saturated heterocycles. The van der Waals surface area contributed by atoms with Crippen LogP contribution in [0.2, 0.25) is 15.1 Å². The average molecular weight is 536 g/mol. The summed E-state index contributed by atoms with van der Waals surface area (Å²) >= 11 is 31.5. The molecule has 0 aliphatic heterocycles. The van der Waals surface area contributed by atoms with Crippen LogP contribution in [-0.4, -0.2) is 28.7 Å². The Hall–Kier alpha value is -1.37. The van der Waals surface area contributed by atoms with Crippen molar-refractivity contribution in [1.29, 1.82) is 0 Å². The molecule has 0 bridgehead atoms. The molecule has 0 heterocycles. The molecule has 32 heavy (non-hydrogen) atoms. The molecule has 2 saturated carbocycles. The van der Waals surface area contributed by atoms with Gasteiger partial charge in [-0.15, -0.1) is 23.2 Å². The second-order valence-corrected chi connectivity index (χ2v) is 10.7. The Kier molecular flexibility index (Phi) is 6.77. The number of anilines is 2. The van der Waals surface area contributed by atoms with E-state index in [1.807, 2.05) is 6.92 Å². The first-order chi connectivity index (χ1) is 15.1. The van der Waals surface area contributed by atoms with Crippen LogP contribution in [0.15, 0.2) is 30.3 Å². The number of halogens is 5. The highest BCUT2D eigenvalue weighted by atomic mass is 35.5. The van der Waals surface area contributed by atoms with Crippen LogP contribution >= 0.6 is 58.0 Å². The molecule has 2 atom stereocenters. The molecule has 2 aromatic carbocycles. The van der Waals surface area contributed by atoms with Gasteiger partial charge in [0.05, 0.1) is 27.9 Å². The molecule has 4 rings (SSSR count). The van der Waals surface area contributed by atoms with Crippen LogP contribution in [0.25, 0.3) is 0 Å². The highest BCUT2D eigenvalue weighted by molar-refractivity contribution is 6.53. The number of benzene rings is 2. The van der Waals surface area contributed by atoms with Crippen molar-refractivity contribution in [3.63, 3.8) is 0 Å². The molecule has 0 radical (unpaired) electrons. The highest BCUT2D eigenvalue weighted by Crippen LogP contribution is 2.65. The molecule has 2 amide bonds. The Morgan fingerprint density at radius 1 is 1.00 bits per heavy atom. The van der Waals surface area contributed by atoms with E-state index in [9.17, 15) is 9.59 Å². The number of carbonyl (C=O) groups excluding carboxylic acids is 2. The minimum Gasteiger partial charge on any atom is -0.384 e. The minimum absolute atomic E-state index is 0.176. The van der Waals surface area contributed by atoms with Gasteiger partial charge in [-0.25, -0.2) is 0 Å². The number of nitrogens with one attached hydrogen (secondary N) is 3. The molecule has 10 heteroatoms. The first-order valence-corrected chi connectivity index (χ1v) is 12.0. The molecule has 170 valence electrons. The fraction of sp³-hybridized carbons (Fsp3) is 0.364. The molecule has 2 aromatic rings. The topological polar surface area (TPSA) is 70.2 Å². The summed E-state index contributed by atoms with van der Waals surface area (Å²) in [5.74, 6) is -1.87. The SMILES string of the molecule is CCNc1cc(Cl)c(C(=O)NC2CC2)cc1NC(=O)C1C(c2cc(Cl)cc(Cl)c2)C1(Cl)Cl. The molecule has 0 aromatic heterocycles. The molecular formula is C22H20Cl5N3O2. The third kappa shape index (κ3) is 4.92. The summed E-state index contributed by atoms with van der Waals surface area (Å²) in [5.41, 5.74) is 1.97. The summed E-state index contributed by atoms with van der Waals surface area (Å²) in [4.78, 5) is 25.7. The summed E-state index contributed by atoms with van der Waals surface area (Å²) in [6, 6.07) is 8.34. The third-order valence-electron chi connectivity index (χ3n) is 5.47. The van der Waals surface area contributed by atoms with Crippen LogP contribution < -0.4 is 16.0 Å². The summed E-state index contributed by atoms with van der Waals surface area (Å²) in [6.45, 7) is 2.50. The maximum Gasteiger partial charge on any atom is 0.253 e. The Balaban J connectivity index is 1.59. The maximum atomic E-state index is 13.1. The lowest BCUT2D eigenvalue weighted by Crippen LogP contribution is -2.26. The van der Waals surface area contributed by atoms with Crippen molar-refractivity contribution in [3.05, 3.63) is 56.5 Å². The van der Waals surface area contributed by atoms with E-state index in [2.05, 4.69) is 16.0 Å². The fourth-order valence-electron chi connectivity index (χ4n) is 3.71. The molecule has 2 fully saturated rings. The van der Waals surface area contributed by atoms with Gasteiger partial charge >= 0.3 is 0 Å².